The first-order valence-corrected chi connectivity index (χ1v) is 9.33. The van der Waals surface area contributed by atoms with Crippen LogP contribution in [-0.2, 0) is 26.7 Å². The normalized spacial score (nSPS) is 14.1. The Morgan fingerprint density at radius 3 is 1.89 bits per heavy atom. The fourth-order valence-electron chi connectivity index (χ4n) is 1.42. The predicted octanol–water partition coefficient (Wildman–Crippen LogP) is 3.66. The van der Waals surface area contributed by atoms with Crippen molar-refractivity contribution in [3.8, 4) is 0 Å². The van der Waals surface area contributed by atoms with E-state index in [4.69, 9.17) is 3.25 Å². The molecule has 0 spiro atoms. The van der Waals surface area contributed by atoms with Gasteiger partial charge in [-0.1, -0.05) is 0 Å². The van der Waals surface area contributed by atoms with Gasteiger partial charge in [-0.3, -0.25) is 0 Å². The minimum absolute atomic E-state index is 0.112. The Kier molecular flexibility index (Phi) is 7.43. The Bertz CT molecular complexity index is 233. The third-order valence-electron chi connectivity index (χ3n) is 2.99. The number of alkyl halides is 5. The van der Waals surface area contributed by atoms with Gasteiger partial charge >= 0.3 is 114 Å². The monoisotopic (exact) mass is 343 g/mol. The Morgan fingerprint density at radius 1 is 1.06 bits per heavy atom. The van der Waals surface area contributed by atoms with Crippen molar-refractivity contribution < 1.29 is 48.6 Å². The molecule has 0 radical (unpaired) electrons. The van der Waals surface area contributed by atoms with Gasteiger partial charge in [0.1, 0.15) is 0 Å². The molecule has 0 aliphatic carbocycles. The molecule has 18 heavy (non-hydrogen) atoms. The number of halogens is 5. The van der Waals surface area contributed by atoms with Crippen molar-refractivity contribution >= 4 is 8.32 Å². The van der Waals surface area contributed by atoms with E-state index in [2.05, 4.69) is 4.74 Å². The van der Waals surface area contributed by atoms with Crippen molar-refractivity contribution in [1.82, 2.24) is 0 Å². The summed E-state index contributed by atoms with van der Waals surface area (Å²) in [4.78, 5) is 0. The Hall–Kier alpha value is 0.410. The third-order valence-corrected chi connectivity index (χ3v) is 11.2. The molecular formula is C9H16F5O2SiZn. The van der Waals surface area contributed by atoms with E-state index in [9.17, 15) is 22.0 Å². The van der Waals surface area contributed by atoms with Crippen molar-refractivity contribution in [3.05, 3.63) is 0 Å². The zero-order valence-electron chi connectivity index (χ0n) is 10.4. The standard InChI is InChI=1S/C9H16F5O2Si.Zn/c1-3-17(15,4-2)6-5-16-7-8(10,11)9(12,13)14;/h3-7H2,1-2H3;/q-1;+1. The third kappa shape index (κ3) is 5.19. The molecule has 9 heteroatoms. The number of ether oxygens (including phenoxy) is 1. The molecule has 0 N–H and O–H groups in total. The Labute approximate surface area is 114 Å². The molecule has 0 fully saturated rings. The summed E-state index contributed by atoms with van der Waals surface area (Å²) in [6.07, 6.45) is -5.55. The van der Waals surface area contributed by atoms with Gasteiger partial charge in [-0.2, -0.15) is 0 Å². The van der Waals surface area contributed by atoms with Gasteiger partial charge in [0, 0.05) is 0 Å². The van der Waals surface area contributed by atoms with Crippen molar-refractivity contribution in [2.24, 2.45) is 0 Å². The van der Waals surface area contributed by atoms with Crippen LogP contribution >= 0.6 is 0 Å². The molecule has 0 atom stereocenters. The Balaban J connectivity index is 4.14. The fraction of sp³-hybridized carbons (Fsp3) is 1.00. The van der Waals surface area contributed by atoms with Gasteiger partial charge in [-0.15, -0.1) is 0 Å². The second kappa shape index (κ2) is 7.26. The van der Waals surface area contributed by atoms with E-state index in [0.29, 0.717) is 24.7 Å². The number of rotatable bonds is 8. The van der Waals surface area contributed by atoms with Crippen molar-refractivity contribution in [2.75, 3.05) is 13.2 Å². The van der Waals surface area contributed by atoms with E-state index >= 15 is 0 Å². The van der Waals surface area contributed by atoms with Crippen LogP contribution in [0.4, 0.5) is 22.0 Å². The zero-order chi connectivity index (χ0) is 14.4. The molecule has 0 aromatic carbocycles. The molecule has 0 heterocycles. The van der Waals surface area contributed by atoms with Crippen LogP contribution in [0.15, 0.2) is 0 Å². The van der Waals surface area contributed by atoms with E-state index in [-0.39, 0.29) is 6.61 Å². The summed E-state index contributed by atoms with van der Waals surface area (Å²) < 4.78 is 70.6. The molecular weight excluding hydrogens is 329 g/mol. The van der Waals surface area contributed by atoms with E-state index in [0.717, 1.165) is 12.1 Å². The van der Waals surface area contributed by atoms with Crippen LogP contribution < -0.4 is 0 Å². The quantitative estimate of drug-likeness (QED) is 0.380. The van der Waals surface area contributed by atoms with Crippen LogP contribution in [0.2, 0.25) is 18.1 Å². The second-order valence-electron chi connectivity index (χ2n) is 4.04. The number of hydrogen-bond acceptors (Lipinski definition) is 2. The summed E-state index contributed by atoms with van der Waals surface area (Å²) in [5.74, 6) is -4.78. The molecule has 0 unspecified atom stereocenters. The molecule has 0 saturated heterocycles. The number of hydrogen-bond donors (Lipinski definition) is 0. The summed E-state index contributed by atoms with van der Waals surface area (Å²) in [7, 11) is -1.96. The van der Waals surface area contributed by atoms with Crippen LogP contribution in [0.5, 0.6) is 0 Å². The second-order valence-corrected chi connectivity index (χ2v) is 10.4. The molecule has 0 rings (SSSR count). The van der Waals surface area contributed by atoms with Crippen LogP contribution in [0.3, 0.4) is 0 Å². The van der Waals surface area contributed by atoms with E-state index < -0.39 is 27.0 Å². The first kappa shape index (κ1) is 18.4. The summed E-state index contributed by atoms with van der Waals surface area (Å²) in [5.41, 5.74) is 0. The van der Waals surface area contributed by atoms with Crippen molar-refractivity contribution in [1.29, 1.82) is 0 Å². The topological polar surface area (TPSA) is 18.5 Å². The van der Waals surface area contributed by atoms with Crippen LogP contribution in [0, 0.1) is 0 Å². The van der Waals surface area contributed by atoms with Gasteiger partial charge in [0.15, 0.2) is 0 Å². The molecule has 105 valence electrons. The predicted molar refractivity (Wildman–Crippen MR) is 54.4 cm³/mol. The fourth-order valence-corrected chi connectivity index (χ4v) is 7.17. The van der Waals surface area contributed by atoms with E-state index in [1.165, 1.54) is 0 Å². The summed E-state index contributed by atoms with van der Waals surface area (Å²) in [6.45, 7) is 2.15. The van der Waals surface area contributed by atoms with Crippen LogP contribution in [0.25, 0.3) is 0 Å². The molecule has 0 bridgehead atoms. The molecule has 0 aromatic heterocycles. The van der Waals surface area contributed by atoms with E-state index in [1.807, 2.05) is 13.8 Å². The Morgan fingerprint density at radius 2 is 1.56 bits per heavy atom. The average molecular weight is 345 g/mol. The molecule has 2 nitrogen and oxygen atoms in total. The van der Waals surface area contributed by atoms with Crippen molar-refractivity contribution in [3.63, 3.8) is 0 Å². The van der Waals surface area contributed by atoms with Gasteiger partial charge < -0.3 is 0 Å². The molecule has 0 saturated carbocycles. The summed E-state index contributed by atoms with van der Waals surface area (Å²) >= 11 is 0.645. The molecule has 0 aromatic rings. The van der Waals surface area contributed by atoms with Gasteiger partial charge in [-0.05, 0) is 0 Å². The van der Waals surface area contributed by atoms with Crippen LogP contribution in [0.1, 0.15) is 13.8 Å². The summed E-state index contributed by atoms with van der Waals surface area (Å²) in [5, 5.41) is 0. The van der Waals surface area contributed by atoms with Crippen molar-refractivity contribution in [2.45, 2.75) is 44.1 Å². The van der Waals surface area contributed by atoms with Crippen LogP contribution in [-0.4, -0.2) is 33.6 Å². The zero-order valence-corrected chi connectivity index (χ0v) is 14.4. The SMILES string of the molecule is CC[Si](CC)(CCOCC(F)(F)C(F)(F)F)[O][Zn]. The molecule has 0 amide bonds. The first-order chi connectivity index (χ1) is 8.14. The molecule has 0 aliphatic heterocycles. The average Bonchev–Trinajstić information content (AvgIpc) is 2.29. The summed E-state index contributed by atoms with van der Waals surface area (Å²) in [6, 6.07) is 2.07. The van der Waals surface area contributed by atoms with Gasteiger partial charge in [0.25, 0.3) is 0 Å². The maximum atomic E-state index is 12.5. The maximum absolute atomic E-state index is 12.5. The van der Waals surface area contributed by atoms with Gasteiger partial charge in [-0.25, -0.2) is 0 Å². The van der Waals surface area contributed by atoms with Gasteiger partial charge in [0.05, 0.1) is 0 Å². The van der Waals surface area contributed by atoms with Gasteiger partial charge in [0.2, 0.25) is 0 Å². The molecule has 0 aliphatic rings. The minimum atomic E-state index is -5.55. The van der Waals surface area contributed by atoms with E-state index in [1.54, 1.807) is 0 Å². The first-order valence-electron chi connectivity index (χ1n) is 5.59.